The minimum absolute atomic E-state index is 0.159. The molecule has 2 N–H and O–H groups in total. The van der Waals surface area contributed by atoms with Crippen LogP contribution < -0.4 is 14.8 Å². The van der Waals surface area contributed by atoms with Gasteiger partial charge in [-0.15, -0.1) is 0 Å². The second-order valence-corrected chi connectivity index (χ2v) is 3.91. The Bertz CT molecular complexity index is 373. The third-order valence-electron chi connectivity index (χ3n) is 2.97. The lowest BCUT2D eigenvalue weighted by Gasteiger charge is -2.16. The molecule has 0 bridgehead atoms. The summed E-state index contributed by atoms with van der Waals surface area (Å²) in [6.45, 7) is 1.01. The largest absolute Gasteiger partial charge is 0.504 e. The second-order valence-electron chi connectivity index (χ2n) is 3.91. The van der Waals surface area contributed by atoms with Crippen LogP contribution in [0.5, 0.6) is 17.2 Å². The van der Waals surface area contributed by atoms with Gasteiger partial charge in [0.05, 0.1) is 14.2 Å². The van der Waals surface area contributed by atoms with Crippen LogP contribution in [0.3, 0.4) is 0 Å². The number of rotatable bonds is 3. The highest BCUT2D eigenvalue weighted by molar-refractivity contribution is 5.51. The zero-order chi connectivity index (χ0) is 11.5. The van der Waals surface area contributed by atoms with Gasteiger partial charge in [-0.05, 0) is 25.5 Å². The van der Waals surface area contributed by atoms with Gasteiger partial charge in [0.25, 0.3) is 0 Å². The first-order valence-electron chi connectivity index (χ1n) is 5.44. The van der Waals surface area contributed by atoms with E-state index in [4.69, 9.17) is 9.47 Å². The van der Waals surface area contributed by atoms with Crippen LogP contribution in [-0.2, 0) is 0 Å². The van der Waals surface area contributed by atoms with E-state index in [1.807, 2.05) is 0 Å². The van der Waals surface area contributed by atoms with Crippen molar-refractivity contribution in [1.82, 2.24) is 5.32 Å². The summed E-state index contributed by atoms with van der Waals surface area (Å²) < 4.78 is 10.4. The first kappa shape index (κ1) is 11.1. The van der Waals surface area contributed by atoms with E-state index in [2.05, 4.69) is 5.32 Å². The molecule has 1 heterocycles. The van der Waals surface area contributed by atoms with Crippen LogP contribution >= 0.6 is 0 Å². The molecule has 1 unspecified atom stereocenters. The van der Waals surface area contributed by atoms with E-state index < -0.39 is 0 Å². The van der Waals surface area contributed by atoms with Gasteiger partial charge in [-0.25, -0.2) is 0 Å². The van der Waals surface area contributed by atoms with Crippen LogP contribution in [0.2, 0.25) is 0 Å². The van der Waals surface area contributed by atoms with Crippen LogP contribution in [0, 0.1) is 0 Å². The van der Waals surface area contributed by atoms with Crippen molar-refractivity contribution in [1.29, 1.82) is 0 Å². The van der Waals surface area contributed by atoms with E-state index in [1.54, 1.807) is 19.2 Å². The van der Waals surface area contributed by atoms with Gasteiger partial charge in [-0.1, -0.05) is 0 Å². The van der Waals surface area contributed by atoms with Gasteiger partial charge in [0.1, 0.15) is 5.75 Å². The average molecular weight is 223 g/mol. The molecule has 0 aromatic heterocycles. The molecule has 1 aromatic carbocycles. The Balaban J connectivity index is 2.39. The average Bonchev–Trinajstić information content (AvgIpc) is 2.82. The van der Waals surface area contributed by atoms with Gasteiger partial charge in [-0.3, -0.25) is 0 Å². The van der Waals surface area contributed by atoms with Crippen molar-refractivity contribution in [2.45, 2.75) is 18.9 Å². The molecule has 1 aromatic rings. The molecule has 1 atom stereocenters. The molecular formula is C12H17NO3. The smallest absolute Gasteiger partial charge is 0.164 e. The molecule has 1 saturated heterocycles. The number of nitrogens with one attached hydrogen (secondary N) is 1. The first-order valence-corrected chi connectivity index (χ1v) is 5.44. The van der Waals surface area contributed by atoms with Gasteiger partial charge < -0.3 is 19.9 Å². The summed E-state index contributed by atoms with van der Waals surface area (Å²) >= 11 is 0. The van der Waals surface area contributed by atoms with Gasteiger partial charge in [-0.2, -0.15) is 0 Å². The van der Waals surface area contributed by atoms with Gasteiger partial charge in [0.15, 0.2) is 11.5 Å². The molecule has 0 radical (unpaired) electrons. The van der Waals surface area contributed by atoms with E-state index in [0.717, 1.165) is 30.7 Å². The molecule has 0 spiro atoms. The third kappa shape index (κ3) is 1.93. The highest BCUT2D eigenvalue weighted by Crippen LogP contribution is 2.38. The summed E-state index contributed by atoms with van der Waals surface area (Å²) in [4.78, 5) is 0. The van der Waals surface area contributed by atoms with E-state index in [0.29, 0.717) is 5.75 Å². The Hall–Kier alpha value is -1.42. The van der Waals surface area contributed by atoms with Crippen molar-refractivity contribution in [3.63, 3.8) is 0 Å². The number of phenolic OH excluding ortho intramolecular Hbond substituents is 1. The maximum absolute atomic E-state index is 9.76. The summed E-state index contributed by atoms with van der Waals surface area (Å²) in [5.74, 6) is 1.36. The predicted octanol–water partition coefficient (Wildman–Crippen LogP) is 1.83. The second kappa shape index (κ2) is 4.61. The predicted molar refractivity (Wildman–Crippen MR) is 61.2 cm³/mol. The molecule has 16 heavy (non-hydrogen) atoms. The maximum atomic E-state index is 9.76. The lowest BCUT2D eigenvalue weighted by molar-refractivity contribution is 0.360. The molecule has 4 heteroatoms. The van der Waals surface area contributed by atoms with Gasteiger partial charge >= 0.3 is 0 Å². The number of benzene rings is 1. The highest BCUT2D eigenvalue weighted by atomic mass is 16.5. The molecule has 1 aliphatic heterocycles. The zero-order valence-corrected chi connectivity index (χ0v) is 9.62. The topological polar surface area (TPSA) is 50.7 Å². The van der Waals surface area contributed by atoms with Crippen molar-refractivity contribution in [2.75, 3.05) is 20.8 Å². The highest BCUT2D eigenvalue weighted by Gasteiger charge is 2.21. The van der Waals surface area contributed by atoms with Crippen molar-refractivity contribution < 1.29 is 14.6 Å². The standard InChI is InChI=1S/C12H17NO3/c1-15-11-7-12(16-2)10(14)6-8(11)9-4-3-5-13-9/h6-7,9,13-14H,3-5H2,1-2H3. The van der Waals surface area contributed by atoms with E-state index in [-0.39, 0.29) is 11.8 Å². The lowest BCUT2D eigenvalue weighted by Crippen LogP contribution is -2.13. The Morgan fingerprint density at radius 2 is 2.00 bits per heavy atom. The Labute approximate surface area is 95.2 Å². The monoisotopic (exact) mass is 223 g/mol. The molecule has 88 valence electrons. The normalized spacial score (nSPS) is 19.8. The molecule has 2 rings (SSSR count). The van der Waals surface area contributed by atoms with Crippen molar-refractivity contribution >= 4 is 0 Å². The Morgan fingerprint density at radius 3 is 2.56 bits per heavy atom. The number of hydrogen-bond acceptors (Lipinski definition) is 4. The quantitative estimate of drug-likeness (QED) is 0.821. The lowest BCUT2D eigenvalue weighted by atomic mass is 10.0. The maximum Gasteiger partial charge on any atom is 0.164 e. The number of ether oxygens (including phenoxy) is 2. The van der Waals surface area contributed by atoms with Crippen LogP contribution in [0.15, 0.2) is 12.1 Å². The summed E-state index contributed by atoms with van der Waals surface area (Å²) in [5, 5.41) is 13.1. The fourth-order valence-electron chi connectivity index (χ4n) is 2.13. The molecule has 0 saturated carbocycles. The molecule has 4 nitrogen and oxygen atoms in total. The fourth-order valence-corrected chi connectivity index (χ4v) is 2.13. The Morgan fingerprint density at radius 1 is 1.25 bits per heavy atom. The summed E-state index contributed by atoms with van der Waals surface area (Å²) in [5.41, 5.74) is 0.998. The summed E-state index contributed by atoms with van der Waals surface area (Å²) in [7, 11) is 3.16. The van der Waals surface area contributed by atoms with E-state index >= 15 is 0 Å². The molecule has 1 fully saturated rings. The number of phenols is 1. The number of methoxy groups -OCH3 is 2. The van der Waals surface area contributed by atoms with E-state index in [9.17, 15) is 5.11 Å². The SMILES string of the molecule is COc1cc(OC)c(C2CCCN2)cc1O. The number of hydrogen-bond donors (Lipinski definition) is 2. The first-order chi connectivity index (χ1) is 7.76. The molecule has 0 amide bonds. The van der Waals surface area contributed by atoms with Gasteiger partial charge in [0.2, 0.25) is 0 Å². The fraction of sp³-hybridized carbons (Fsp3) is 0.500. The zero-order valence-electron chi connectivity index (χ0n) is 9.62. The third-order valence-corrected chi connectivity index (χ3v) is 2.97. The van der Waals surface area contributed by atoms with E-state index in [1.165, 1.54) is 7.11 Å². The van der Waals surface area contributed by atoms with Crippen molar-refractivity contribution in [3.8, 4) is 17.2 Å². The van der Waals surface area contributed by atoms with Crippen LogP contribution in [0.1, 0.15) is 24.4 Å². The summed E-state index contributed by atoms with van der Waals surface area (Å²) in [6, 6.07) is 3.72. The Kier molecular flexibility index (Phi) is 3.19. The van der Waals surface area contributed by atoms with Crippen LogP contribution in [0.25, 0.3) is 0 Å². The molecule has 1 aliphatic rings. The van der Waals surface area contributed by atoms with Crippen LogP contribution in [-0.4, -0.2) is 25.9 Å². The molecule has 0 aliphatic carbocycles. The van der Waals surface area contributed by atoms with Crippen molar-refractivity contribution in [2.24, 2.45) is 0 Å². The van der Waals surface area contributed by atoms with Crippen LogP contribution in [0.4, 0.5) is 0 Å². The van der Waals surface area contributed by atoms with Crippen molar-refractivity contribution in [3.05, 3.63) is 17.7 Å². The minimum atomic E-state index is 0.159. The number of aromatic hydroxyl groups is 1. The minimum Gasteiger partial charge on any atom is -0.504 e. The molecular weight excluding hydrogens is 206 g/mol. The van der Waals surface area contributed by atoms with Gasteiger partial charge in [0, 0.05) is 17.7 Å². The summed E-state index contributed by atoms with van der Waals surface area (Å²) in [6.07, 6.45) is 2.22.